The first-order valence-corrected chi connectivity index (χ1v) is 10.1. The Morgan fingerprint density at radius 1 is 1.10 bits per heavy atom. The quantitative estimate of drug-likeness (QED) is 0.676. The number of hydrogen-bond acceptors (Lipinski definition) is 6. The second kappa shape index (κ2) is 9.15. The summed E-state index contributed by atoms with van der Waals surface area (Å²) in [4.78, 5) is 23.0. The molecule has 8 nitrogen and oxygen atoms in total. The molecule has 3 aromatic rings. The van der Waals surface area contributed by atoms with Crippen molar-refractivity contribution in [3.8, 4) is 5.82 Å². The second-order valence-corrected chi connectivity index (χ2v) is 7.70. The third-order valence-corrected chi connectivity index (χ3v) is 5.04. The first-order valence-electron chi connectivity index (χ1n) is 10.1. The lowest BCUT2D eigenvalue weighted by atomic mass is 10.1. The van der Waals surface area contributed by atoms with E-state index in [2.05, 4.69) is 63.4 Å². The smallest absolute Gasteiger partial charge is 0.253 e. The summed E-state index contributed by atoms with van der Waals surface area (Å²) < 4.78 is 7.34. The van der Waals surface area contributed by atoms with Crippen LogP contribution in [0.2, 0.25) is 0 Å². The molecule has 0 radical (unpaired) electrons. The molecule has 1 N–H and O–H groups in total. The molecule has 1 aromatic carbocycles. The number of nitrogens with zero attached hydrogens (tertiary/aromatic N) is 5. The maximum absolute atomic E-state index is 12.4. The van der Waals surface area contributed by atoms with E-state index in [0.29, 0.717) is 17.9 Å². The fourth-order valence-corrected chi connectivity index (χ4v) is 3.70. The average molecular weight is 406 g/mol. The van der Waals surface area contributed by atoms with Gasteiger partial charge in [-0.25, -0.2) is 14.6 Å². The molecule has 1 saturated heterocycles. The van der Waals surface area contributed by atoms with Crippen LogP contribution in [0.25, 0.3) is 5.82 Å². The summed E-state index contributed by atoms with van der Waals surface area (Å²) in [6, 6.07) is 11.9. The molecule has 1 aliphatic heterocycles. The molecule has 4 rings (SSSR count). The van der Waals surface area contributed by atoms with Gasteiger partial charge >= 0.3 is 0 Å². The number of pyridine rings is 1. The highest BCUT2D eigenvalue weighted by molar-refractivity contribution is 5.93. The molecule has 2 aromatic heterocycles. The normalized spacial score (nSPS) is 19.5. The van der Waals surface area contributed by atoms with Crippen molar-refractivity contribution in [2.75, 3.05) is 13.1 Å². The van der Waals surface area contributed by atoms with Gasteiger partial charge in [-0.05, 0) is 37.1 Å². The van der Waals surface area contributed by atoms with Crippen molar-refractivity contribution in [1.29, 1.82) is 0 Å². The van der Waals surface area contributed by atoms with E-state index in [1.54, 1.807) is 29.3 Å². The van der Waals surface area contributed by atoms with Gasteiger partial charge in [0.1, 0.15) is 12.7 Å². The number of aromatic nitrogens is 4. The Balaban J connectivity index is 1.29. The van der Waals surface area contributed by atoms with E-state index in [0.717, 1.165) is 25.2 Å². The predicted molar refractivity (Wildman–Crippen MR) is 112 cm³/mol. The molecule has 2 atom stereocenters. The molecular weight excluding hydrogens is 380 g/mol. The van der Waals surface area contributed by atoms with Crippen molar-refractivity contribution in [3.63, 3.8) is 0 Å². The lowest BCUT2D eigenvalue weighted by molar-refractivity contribution is -0.0704. The number of amides is 1. The molecule has 0 spiro atoms. The zero-order valence-electron chi connectivity index (χ0n) is 17.2. The van der Waals surface area contributed by atoms with Crippen LogP contribution in [0.1, 0.15) is 35.3 Å². The molecule has 1 amide bonds. The summed E-state index contributed by atoms with van der Waals surface area (Å²) in [6.45, 7) is 7.51. The standard InChI is InChI=1S/C22H26N6O2/c1-16-11-27(12-17(2)30-16)13-19-5-3-18(4-6-19)9-25-22(29)20-7-8-21(24-10-20)28-15-23-14-26-28/h3-8,10,14-17H,9,11-13H2,1-2H3,(H,25,29). The van der Waals surface area contributed by atoms with Crippen molar-refractivity contribution in [1.82, 2.24) is 30.0 Å². The Kier molecular flexibility index (Phi) is 6.15. The summed E-state index contributed by atoms with van der Waals surface area (Å²) in [6.07, 6.45) is 5.08. The van der Waals surface area contributed by atoms with Gasteiger partial charge in [0.25, 0.3) is 5.91 Å². The number of hydrogen-bond donors (Lipinski definition) is 1. The molecule has 3 heterocycles. The SMILES string of the molecule is CC1CN(Cc2ccc(CNC(=O)c3ccc(-n4cncn4)nc3)cc2)CC(C)O1. The molecular formula is C22H26N6O2. The van der Waals surface area contributed by atoms with Gasteiger partial charge in [-0.3, -0.25) is 9.69 Å². The van der Waals surface area contributed by atoms with Gasteiger partial charge in [-0.15, -0.1) is 0 Å². The van der Waals surface area contributed by atoms with Gasteiger partial charge in [0.15, 0.2) is 5.82 Å². The largest absolute Gasteiger partial charge is 0.373 e. The summed E-state index contributed by atoms with van der Waals surface area (Å²) >= 11 is 0. The van der Waals surface area contributed by atoms with Crippen LogP contribution >= 0.6 is 0 Å². The highest BCUT2D eigenvalue weighted by Gasteiger charge is 2.21. The van der Waals surface area contributed by atoms with E-state index in [4.69, 9.17) is 4.74 Å². The van der Waals surface area contributed by atoms with Crippen molar-refractivity contribution in [3.05, 3.63) is 71.9 Å². The third kappa shape index (κ3) is 5.08. The van der Waals surface area contributed by atoms with Crippen LogP contribution in [0.5, 0.6) is 0 Å². The number of ether oxygens (including phenoxy) is 1. The maximum atomic E-state index is 12.4. The number of benzene rings is 1. The van der Waals surface area contributed by atoms with Crippen LogP contribution in [-0.2, 0) is 17.8 Å². The van der Waals surface area contributed by atoms with Gasteiger partial charge in [0, 0.05) is 32.4 Å². The Morgan fingerprint density at radius 3 is 2.47 bits per heavy atom. The van der Waals surface area contributed by atoms with E-state index in [1.165, 1.54) is 11.9 Å². The van der Waals surface area contributed by atoms with E-state index in [-0.39, 0.29) is 18.1 Å². The van der Waals surface area contributed by atoms with Crippen molar-refractivity contribution >= 4 is 5.91 Å². The maximum Gasteiger partial charge on any atom is 0.253 e. The Hall–Kier alpha value is -3.10. The van der Waals surface area contributed by atoms with Crippen molar-refractivity contribution < 1.29 is 9.53 Å². The molecule has 2 unspecified atom stereocenters. The fraction of sp³-hybridized carbons (Fsp3) is 0.364. The lowest BCUT2D eigenvalue weighted by Crippen LogP contribution is -2.44. The van der Waals surface area contributed by atoms with Crippen LogP contribution in [0.3, 0.4) is 0 Å². The molecule has 1 aliphatic rings. The van der Waals surface area contributed by atoms with Gasteiger partial charge in [0.05, 0.1) is 17.8 Å². The minimum absolute atomic E-state index is 0.159. The highest BCUT2D eigenvalue weighted by Crippen LogP contribution is 2.15. The number of morpholine rings is 1. The lowest BCUT2D eigenvalue weighted by Gasteiger charge is -2.35. The zero-order valence-corrected chi connectivity index (χ0v) is 17.2. The molecule has 156 valence electrons. The predicted octanol–water partition coefficient (Wildman–Crippen LogP) is 2.20. The molecule has 1 fully saturated rings. The molecule has 0 bridgehead atoms. The first-order chi connectivity index (χ1) is 14.6. The van der Waals surface area contributed by atoms with Crippen molar-refractivity contribution in [2.24, 2.45) is 0 Å². The summed E-state index contributed by atoms with van der Waals surface area (Å²) in [5, 5.41) is 6.96. The second-order valence-electron chi connectivity index (χ2n) is 7.70. The van der Waals surface area contributed by atoms with Crippen LogP contribution in [-0.4, -0.2) is 55.9 Å². The van der Waals surface area contributed by atoms with E-state index >= 15 is 0 Å². The molecule has 30 heavy (non-hydrogen) atoms. The minimum atomic E-state index is -0.159. The zero-order chi connectivity index (χ0) is 20.9. The Labute approximate surface area is 175 Å². The van der Waals surface area contributed by atoms with E-state index in [1.807, 2.05) is 0 Å². The molecule has 8 heteroatoms. The topological polar surface area (TPSA) is 85.2 Å². The number of carbonyl (C=O) groups is 1. The number of rotatable bonds is 6. The average Bonchev–Trinajstić information content (AvgIpc) is 3.27. The number of carbonyl (C=O) groups excluding carboxylic acids is 1. The third-order valence-electron chi connectivity index (χ3n) is 5.04. The molecule has 0 saturated carbocycles. The van der Waals surface area contributed by atoms with Crippen molar-refractivity contribution in [2.45, 2.75) is 39.1 Å². The summed E-state index contributed by atoms with van der Waals surface area (Å²) in [5.74, 6) is 0.455. The molecule has 0 aliphatic carbocycles. The van der Waals surface area contributed by atoms with Crippen LogP contribution in [0.15, 0.2) is 55.2 Å². The van der Waals surface area contributed by atoms with Gasteiger partial charge in [-0.2, -0.15) is 5.10 Å². The minimum Gasteiger partial charge on any atom is -0.373 e. The Bertz CT molecular complexity index is 946. The fourth-order valence-electron chi connectivity index (χ4n) is 3.70. The monoisotopic (exact) mass is 406 g/mol. The van der Waals surface area contributed by atoms with E-state index in [9.17, 15) is 4.79 Å². The van der Waals surface area contributed by atoms with Gasteiger partial charge in [-0.1, -0.05) is 24.3 Å². The van der Waals surface area contributed by atoms with Crippen LogP contribution < -0.4 is 5.32 Å². The van der Waals surface area contributed by atoms with Gasteiger partial charge < -0.3 is 10.1 Å². The van der Waals surface area contributed by atoms with Crippen LogP contribution in [0, 0.1) is 0 Å². The van der Waals surface area contributed by atoms with Gasteiger partial charge in [0.2, 0.25) is 0 Å². The van der Waals surface area contributed by atoms with Crippen LogP contribution in [0.4, 0.5) is 0 Å². The summed E-state index contributed by atoms with van der Waals surface area (Å²) in [7, 11) is 0. The highest BCUT2D eigenvalue weighted by atomic mass is 16.5. The van der Waals surface area contributed by atoms with E-state index < -0.39 is 0 Å². The Morgan fingerprint density at radius 2 is 1.83 bits per heavy atom. The number of nitrogens with one attached hydrogen (secondary N) is 1. The first kappa shape index (κ1) is 20.2. The summed E-state index contributed by atoms with van der Waals surface area (Å²) in [5.41, 5.74) is 2.83.